The fourth-order valence-corrected chi connectivity index (χ4v) is 3.27. The number of hydrogen-bond acceptors (Lipinski definition) is 0. The van der Waals surface area contributed by atoms with Crippen LogP contribution in [0.25, 0.3) is 21.5 Å². The minimum absolute atomic E-state index is 0. The molecule has 172 valence electrons. The molecule has 0 fully saturated rings. The molecule has 1 aliphatic rings. The van der Waals surface area contributed by atoms with Crippen LogP contribution in [0.15, 0.2) is 60.7 Å². The topological polar surface area (TPSA) is 0 Å². The van der Waals surface area contributed by atoms with E-state index in [4.69, 9.17) is 0 Å². The van der Waals surface area contributed by atoms with E-state index in [1.807, 2.05) is 12.2 Å². The maximum Gasteiger partial charge on any atom is -0.109 e. The summed E-state index contributed by atoms with van der Waals surface area (Å²) in [7, 11) is 0. The quantitative estimate of drug-likeness (QED) is 0.327. The fraction of sp³-hybridized carbons (Fsp3) is 0.379. The second kappa shape index (κ2) is 13.0. The third kappa shape index (κ3) is 9.07. The molecule has 32 heavy (non-hydrogen) atoms. The molecular weight excluding hydrogens is 467 g/mol. The Hall–Kier alpha value is -1.05. The summed E-state index contributed by atoms with van der Waals surface area (Å²) in [6.07, 6.45) is 10.0. The van der Waals surface area contributed by atoms with Gasteiger partial charge in [0.15, 0.2) is 0 Å². The normalized spacial score (nSPS) is 12.3. The number of halogens is 2. The Bertz CT molecular complexity index is 988. The van der Waals surface area contributed by atoms with Crippen LogP contribution in [-0.4, -0.2) is 3.81 Å². The Balaban J connectivity index is 0.000000739. The summed E-state index contributed by atoms with van der Waals surface area (Å²) in [6.45, 7) is 17.8. The van der Waals surface area contributed by atoms with Gasteiger partial charge in [0.2, 0.25) is 0 Å². The van der Waals surface area contributed by atoms with Gasteiger partial charge in [0.25, 0.3) is 0 Å². The third-order valence-corrected chi connectivity index (χ3v) is 5.03. The zero-order valence-electron chi connectivity index (χ0n) is 20.7. The van der Waals surface area contributed by atoms with E-state index < -0.39 is 0 Å². The van der Waals surface area contributed by atoms with Crippen molar-refractivity contribution in [2.24, 2.45) is 0 Å². The van der Waals surface area contributed by atoms with Gasteiger partial charge in [0.05, 0.1) is 0 Å². The van der Waals surface area contributed by atoms with E-state index >= 15 is 0 Å². The van der Waals surface area contributed by atoms with Gasteiger partial charge in [0, 0.05) is 0 Å². The van der Waals surface area contributed by atoms with E-state index in [-0.39, 0.29) is 35.6 Å². The zero-order valence-corrected chi connectivity index (χ0v) is 23.8. The second-order valence-corrected chi connectivity index (χ2v) is 11.8. The van der Waals surface area contributed by atoms with Crippen LogP contribution in [0.5, 0.6) is 0 Å². The van der Waals surface area contributed by atoms with Crippen LogP contribution in [0.4, 0.5) is 0 Å². The molecule has 0 unspecified atom stereocenters. The molecule has 0 heterocycles. The standard InChI is InChI=1S/C21H25.C5H5.C3H6.2ClH.Ti/c1-20(2,3)16-9-7-14-11-15-8-10-17(21(4,5)6)13-19(15)18(14)12-16;1-2-4-5-3-1;1-3-2;;;/h7-13H,1-6H3;1-3H,4H2;1-2H3;2*1H;/q2*-1;;;;+2/p-2. The van der Waals surface area contributed by atoms with Gasteiger partial charge in [-0.3, -0.25) is 6.08 Å². The molecule has 0 aromatic heterocycles. The van der Waals surface area contributed by atoms with Crippen molar-refractivity contribution < 1.29 is 44.8 Å². The number of hydrogen-bond donors (Lipinski definition) is 0. The van der Waals surface area contributed by atoms with Gasteiger partial charge < -0.3 is 24.8 Å². The summed E-state index contributed by atoms with van der Waals surface area (Å²) >= 11 is 2.08. The van der Waals surface area contributed by atoms with Gasteiger partial charge in [-0.15, -0.1) is 46.2 Å². The number of allylic oxidation sites excluding steroid dienone is 4. The molecule has 4 rings (SSSR count). The molecule has 0 nitrogen and oxygen atoms in total. The van der Waals surface area contributed by atoms with Gasteiger partial charge in [-0.25, -0.2) is 12.2 Å². The monoisotopic (exact) mass is 502 g/mol. The van der Waals surface area contributed by atoms with E-state index in [1.165, 1.54) is 36.5 Å². The van der Waals surface area contributed by atoms with E-state index in [9.17, 15) is 0 Å². The first-order valence-electron chi connectivity index (χ1n) is 10.8. The molecule has 0 bridgehead atoms. The molecule has 0 amide bonds. The molecule has 0 atom stereocenters. The van der Waals surface area contributed by atoms with Gasteiger partial charge >= 0.3 is 37.6 Å². The van der Waals surface area contributed by atoms with Crippen LogP contribution in [0, 0.1) is 6.08 Å². The predicted molar refractivity (Wildman–Crippen MR) is 132 cm³/mol. The summed E-state index contributed by atoms with van der Waals surface area (Å²) in [4.78, 5) is 0. The van der Waals surface area contributed by atoms with Crippen molar-refractivity contribution in [3.63, 3.8) is 0 Å². The molecule has 3 aromatic carbocycles. The Morgan fingerprint density at radius 1 is 0.812 bits per heavy atom. The van der Waals surface area contributed by atoms with Gasteiger partial charge in [-0.2, -0.15) is 6.08 Å². The maximum absolute atomic E-state index is 2.99. The van der Waals surface area contributed by atoms with Crippen molar-refractivity contribution in [1.29, 1.82) is 0 Å². The number of fused-ring (bicyclic) bond motifs is 3. The minimum Gasteiger partial charge on any atom is -1.00 e. The van der Waals surface area contributed by atoms with Crippen molar-refractivity contribution in [3.05, 3.63) is 77.9 Å². The molecule has 0 spiro atoms. The molecule has 3 heteroatoms. The average Bonchev–Trinajstić information content (AvgIpc) is 3.30. The van der Waals surface area contributed by atoms with E-state index in [0.29, 0.717) is 0 Å². The van der Waals surface area contributed by atoms with Crippen molar-refractivity contribution in [2.75, 3.05) is 0 Å². The second-order valence-electron chi connectivity index (χ2n) is 10.3. The summed E-state index contributed by atoms with van der Waals surface area (Å²) in [5, 5.41) is 5.49. The Labute approximate surface area is 219 Å². The average molecular weight is 503 g/mol. The van der Waals surface area contributed by atoms with Crippen molar-refractivity contribution in [3.8, 4) is 0 Å². The van der Waals surface area contributed by atoms with Gasteiger partial charge in [-0.1, -0.05) is 76.9 Å². The van der Waals surface area contributed by atoms with Crippen LogP contribution in [-0.2, 0) is 30.8 Å². The minimum atomic E-state index is 0. The Morgan fingerprint density at radius 2 is 1.22 bits per heavy atom. The van der Waals surface area contributed by atoms with Crippen molar-refractivity contribution in [2.45, 2.75) is 72.6 Å². The summed E-state index contributed by atoms with van der Waals surface area (Å²) in [5.74, 6) is 0. The fourth-order valence-electron chi connectivity index (χ4n) is 3.27. The van der Waals surface area contributed by atoms with E-state index in [2.05, 4.69) is 130 Å². The molecule has 0 saturated carbocycles. The molecule has 0 radical (unpaired) electrons. The van der Waals surface area contributed by atoms with Crippen LogP contribution in [0.3, 0.4) is 0 Å². The first-order valence-corrected chi connectivity index (χ1v) is 11.6. The summed E-state index contributed by atoms with van der Waals surface area (Å²) in [6, 6.07) is 16.1. The van der Waals surface area contributed by atoms with Crippen LogP contribution >= 0.6 is 0 Å². The van der Waals surface area contributed by atoms with Crippen LogP contribution in [0.2, 0.25) is 0 Å². The summed E-state index contributed by atoms with van der Waals surface area (Å²) < 4.78 is 1.42. The van der Waals surface area contributed by atoms with E-state index in [0.717, 1.165) is 6.42 Å². The molecule has 0 aliphatic heterocycles. The predicted octanol–water partition coefficient (Wildman–Crippen LogP) is 2.37. The van der Waals surface area contributed by atoms with Gasteiger partial charge in [0.1, 0.15) is 0 Å². The number of benzene rings is 2. The first kappa shape index (κ1) is 31.0. The smallest absolute Gasteiger partial charge is 0.109 e. The third-order valence-electron chi connectivity index (χ3n) is 5.03. The largest absolute Gasteiger partial charge is 1.00 e. The zero-order chi connectivity index (χ0) is 22.5. The van der Waals surface area contributed by atoms with Crippen molar-refractivity contribution >= 4 is 25.4 Å². The summed E-state index contributed by atoms with van der Waals surface area (Å²) in [5.41, 5.74) is 3.20. The molecule has 1 aliphatic carbocycles. The van der Waals surface area contributed by atoms with Crippen LogP contribution in [0.1, 0.15) is 72.9 Å². The SMILES string of the molecule is CC(C)(C)c1ccc2[cH-]c3ccc(C(C)(C)C)cc3c2c1.C[C](C)=[Ti+2].[C-]1=CC=CC1.[Cl-].[Cl-]. The van der Waals surface area contributed by atoms with Crippen LogP contribution < -0.4 is 24.8 Å². The molecule has 3 aromatic rings. The van der Waals surface area contributed by atoms with E-state index in [1.54, 1.807) is 0 Å². The Kier molecular flexibility index (Phi) is 12.6. The Morgan fingerprint density at radius 3 is 1.47 bits per heavy atom. The first-order chi connectivity index (χ1) is 13.9. The molecule has 0 N–H and O–H groups in total. The maximum atomic E-state index is 2.99. The molecule has 0 saturated heterocycles. The van der Waals surface area contributed by atoms with Gasteiger partial charge in [-0.05, 0) is 10.8 Å². The number of rotatable bonds is 0. The van der Waals surface area contributed by atoms with Crippen molar-refractivity contribution in [1.82, 2.24) is 0 Å². The molecular formula is C29H36Cl2Ti-2.